The van der Waals surface area contributed by atoms with Crippen LogP contribution < -0.4 is 5.32 Å². The zero-order valence-electron chi connectivity index (χ0n) is 20.3. The fraction of sp³-hybridized carbons (Fsp3) is 0.552. The average molecular weight is 449 g/mol. The Labute approximate surface area is 199 Å². The van der Waals surface area contributed by atoms with Crippen LogP contribution in [0.1, 0.15) is 63.5 Å². The first-order valence-electron chi connectivity index (χ1n) is 12.7. The fourth-order valence-corrected chi connectivity index (χ4v) is 5.74. The molecule has 1 aliphatic carbocycles. The molecule has 33 heavy (non-hydrogen) atoms. The van der Waals surface area contributed by atoms with E-state index in [2.05, 4.69) is 49.5 Å². The maximum Gasteiger partial charge on any atom is 0.259 e. The largest absolute Gasteiger partial charge is 0.375 e. The van der Waals surface area contributed by atoms with Crippen LogP contribution in [0.3, 0.4) is 0 Å². The molecule has 2 aliphatic rings. The summed E-state index contributed by atoms with van der Waals surface area (Å²) in [6.07, 6.45) is 7.00. The molecule has 1 saturated carbocycles. The summed E-state index contributed by atoms with van der Waals surface area (Å²) < 4.78 is 0. The first kappa shape index (κ1) is 24.0. The first-order valence-corrected chi connectivity index (χ1v) is 12.7. The highest BCUT2D eigenvalue weighted by molar-refractivity contribution is 5.87. The molecule has 2 aromatic rings. The van der Waals surface area contributed by atoms with Gasteiger partial charge in [-0.2, -0.15) is 0 Å². The van der Waals surface area contributed by atoms with Crippen molar-refractivity contribution in [2.45, 2.75) is 69.9 Å². The van der Waals surface area contributed by atoms with E-state index in [-0.39, 0.29) is 17.4 Å². The molecule has 0 bridgehead atoms. The summed E-state index contributed by atoms with van der Waals surface area (Å²) >= 11 is 0. The molecule has 2 aromatic carbocycles. The summed E-state index contributed by atoms with van der Waals surface area (Å²) in [6.45, 7) is 6.95. The topological polar surface area (TPSA) is 52.6 Å². The fourth-order valence-electron chi connectivity index (χ4n) is 5.74. The van der Waals surface area contributed by atoms with E-state index < -0.39 is 5.60 Å². The van der Waals surface area contributed by atoms with Gasteiger partial charge in [0.15, 0.2) is 5.60 Å². The zero-order valence-corrected chi connectivity index (χ0v) is 20.3. The molecule has 1 heterocycles. The average Bonchev–Trinajstić information content (AvgIpc) is 3.39. The number of hydrogen-bond donors (Lipinski definition) is 2. The molecule has 1 aliphatic heterocycles. The van der Waals surface area contributed by atoms with Crippen LogP contribution in [0.5, 0.6) is 0 Å². The van der Waals surface area contributed by atoms with Crippen LogP contribution >= 0.6 is 0 Å². The first-order chi connectivity index (χ1) is 15.9. The molecular weight excluding hydrogens is 408 g/mol. The van der Waals surface area contributed by atoms with Gasteiger partial charge in [0.25, 0.3) is 5.91 Å². The van der Waals surface area contributed by atoms with Crippen molar-refractivity contribution in [2.24, 2.45) is 11.8 Å². The summed E-state index contributed by atoms with van der Waals surface area (Å²) in [7, 11) is 0. The van der Waals surface area contributed by atoms with Crippen molar-refractivity contribution >= 4 is 5.91 Å². The van der Waals surface area contributed by atoms with Crippen LogP contribution in [-0.2, 0) is 16.8 Å². The van der Waals surface area contributed by atoms with Gasteiger partial charge in [0.2, 0.25) is 0 Å². The molecule has 0 aromatic heterocycles. The molecule has 4 rings (SSSR count). The molecule has 0 radical (unpaired) electrons. The Balaban J connectivity index is 1.34. The molecule has 178 valence electrons. The highest BCUT2D eigenvalue weighted by Gasteiger charge is 2.48. The molecule has 0 spiro atoms. The second-order valence-electron chi connectivity index (χ2n) is 10.8. The summed E-state index contributed by atoms with van der Waals surface area (Å²) in [5, 5.41) is 15.6. The smallest absolute Gasteiger partial charge is 0.259 e. The normalized spacial score (nSPS) is 20.0. The van der Waals surface area contributed by atoms with Gasteiger partial charge in [0, 0.05) is 24.5 Å². The number of likely N-dealkylation sites (tertiary alicyclic amines) is 1. The van der Waals surface area contributed by atoms with E-state index in [1.165, 1.54) is 5.56 Å². The van der Waals surface area contributed by atoms with Gasteiger partial charge in [-0.05, 0) is 69.5 Å². The van der Waals surface area contributed by atoms with Crippen LogP contribution in [0.15, 0.2) is 60.7 Å². The van der Waals surface area contributed by atoms with Crippen molar-refractivity contribution in [3.05, 3.63) is 71.8 Å². The third kappa shape index (κ3) is 5.67. The number of carbonyl (C=O) groups is 1. The number of aliphatic hydroxyl groups is 1. The van der Waals surface area contributed by atoms with Crippen molar-refractivity contribution in [1.29, 1.82) is 0 Å². The van der Waals surface area contributed by atoms with Crippen molar-refractivity contribution in [3.63, 3.8) is 0 Å². The maximum atomic E-state index is 13.7. The van der Waals surface area contributed by atoms with Gasteiger partial charge in [-0.1, -0.05) is 73.5 Å². The Morgan fingerprint density at radius 1 is 0.939 bits per heavy atom. The van der Waals surface area contributed by atoms with Gasteiger partial charge >= 0.3 is 0 Å². The van der Waals surface area contributed by atoms with Crippen LogP contribution in [0.2, 0.25) is 0 Å². The molecule has 1 atom stereocenters. The molecule has 1 unspecified atom stereocenters. The lowest BCUT2D eigenvalue weighted by Crippen LogP contribution is -2.53. The van der Waals surface area contributed by atoms with E-state index in [1.54, 1.807) is 0 Å². The molecule has 2 fully saturated rings. The van der Waals surface area contributed by atoms with Crippen LogP contribution in [0.25, 0.3) is 0 Å². The Morgan fingerprint density at radius 2 is 1.52 bits per heavy atom. The molecule has 4 heteroatoms. The van der Waals surface area contributed by atoms with Gasteiger partial charge in [-0.15, -0.1) is 0 Å². The predicted octanol–water partition coefficient (Wildman–Crippen LogP) is 4.91. The Bertz CT molecular complexity index is 884. The van der Waals surface area contributed by atoms with E-state index >= 15 is 0 Å². The molecule has 1 amide bonds. The summed E-state index contributed by atoms with van der Waals surface area (Å²) in [5.41, 5.74) is 0.751. The van der Waals surface area contributed by atoms with Crippen molar-refractivity contribution in [3.8, 4) is 0 Å². The third-order valence-electron chi connectivity index (χ3n) is 7.75. The second kappa shape index (κ2) is 10.4. The summed E-state index contributed by atoms with van der Waals surface area (Å²) in [6, 6.07) is 20.3. The van der Waals surface area contributed by atoms with Crippen LogP contribution in [0.4, 0.5) is 0 Å². The quantitative estimate of drug-likeness (QED) is 0.603. The van der Waals surface area contributed by atoms with Crippen LogP contribution in [0, 0.1) is 11.8 Å². The van der Waals surface area contributed by atoms with Gasteiger partial charge in [0.1, 0.15) is 0 Å². The number of piperidine rings is 1. The SMILES string of the molecule is CC(C)(Cc1ccccc1)NCC1CCN(C(=O)C(O)(c2ccccc2)C2CCCC2)CC1. The van der Waals surface area contributed by atoms with E-state index in [0.717, 1.165) is 70.1 Å². The third-order valence-corrected chi connectivity index (χ3v) is 7.75. The number of benzene rings is 2. The highest BCUT2D eigenvalue weighted by Crippen LogP contribution is 2.42. The van der Waals surface area contributed by atoms with E-state index in [4.69, 9.17) is 0 Å². The second-order valence-corrected chi connectivity index (χ2v) is 10.8. The van der Waals surface area contributed by atoms with Gasteiger partial charge in [-0.3, -0.25) is 4.79 Å². The van der Waals surface area contributed by atoms with Gasteiger partial charge in [-0.25, -0.2) is 0 Å². The summed E-state index contributed by atoms with van der Waals surface area (Å²) in [4.78, 5) is 15.6. The molecular formula is C29H40N2O2. The number of carbonyl (C=O) groups excluding carboxylic acids is 1. The van der Waals surface area contributed by atoms with Crippen molar-refractivity contribution in [1.82, 2.24) is 10.2 Å². The van der Waals surface area contributed by atoms with Gasteiger partial charge in [0.05, 0.1) is 0 Å². The minimum Gasteiger partial charge on any atom is -0.375 e. The van der Waals surface area contributed by atoms with E-state index in [9.17, 15) is 9.90 Å². The van der Waals surface area contributed by atoms with Crippen molar-refractivity contribution in [2.75, 3.05) is 19.6 Å². The summed E-state index contributed by atoms with van der Waals surface area (Å²) in [5.74, 6) is 0.488. The maximum absolute atomic E-state index is 13.7. The minimum atomic E-state index is -1.39. The number of rotatable bonds is 8. The zero-order chi connectivity index (χ0) is 23.3. The number of nitrogens with zero attached hydrogens (tertiary/aromatic N) is 1. The number of nitrogens with one attached hydrogen (secondary N) is 1. The van der Waals surface area contributed by atoms with E-state index in [1.807, 2.05) is 35.2 Å². The predicted molar refractivity (Wildman–Crippen MR) is 134 cm³/mol. The highest BCUT2D eigenvalue weighted by atomic mass is 16.3. The lowest BCUT2D eigenvalue weighted by atomic mass is 9.78. The van der Waals surface area contributed by atoms with E-state index in [0.29, 0.717) is 5.92 Å². The lowest BCUT2D eigenvalue weighted by molar-refractivity contribution is -0.160. The molecule has 2 N–H and O–H groups in total. The monoisotopic (exact) mass is 448 g/mol. The van der Waals surface area contributed by atoms with Crippen LogP contribution in [-0.4, -0.2) is 41.1 Å². The minimum absolute atomic E-state index is 0.0191. The number of amides is 1. The Kier molecular flexibility index (Phi) is 7.55. The Hall–Kier alpha value is -2.17. The number of hydrogen-bond acceptors (Lipinski definition) is 3. The molecule has 1 saturated heterocycles. The van der Waals surface area contributed by atoms with Gasteiger partial charge < -0.3 is 15.3 Å². The Morgan fingerprint density at radius 3 is 2.12 bits per heavy atom. The standard InChI is InChI=1S/C29H40N2O2/c1-28(2,21-23-11-5-3-6-12-23)30-22-24-17-19-31(20-18-24)27(32)29(33,26-15-9-10-16-26)25-13-7-4-8-14-25/h3-8,11-14,24,26,30,33H,9-10,15-22H2,1-2H3. The molecule has 4 nitrogen and oxygen atoms in total. The van der Waals surface area contributed by atoms with Crippen molar-refractivity contribution < 1.29 is 9.90 Å². The lowest BCUT2D eigenvalue weighted by Gasteiger charge is -2.41.